The highest BCUT2D eigenvalue weighted by Gasteiger charge is 2.07. The Labute approximate surface area is 161 Å². The summed E-state index contributed by atoms with van der Waals surface area (Å²) in [6.07, 6.45) is 10.8. The van der Waals surface area contributed by atoms with Crippen LogP contribution in [0.15, 0.2) is 46.4 Å². The molecule has 1 aliphatic rings. The summed E-state index contributed by atoms with van der Waals surface area (Å²) in [5, 5.41) is 20.9. The Bertz CT molecular complexity index is 745. The molecule has 2 aromatic carbocycles. The van der Waals surface area contributed by atoms with Crippen molar-refractivity contribution in [2.45, 2.75) is 44.9 Å². The molecule has 2 N–H and O–H groups in total. The van der Waals surface area contributed by atoms with E-state index in [0.29, 0.717) is 24.6 Å². The maximum atomic E-state index is 10.4. The summed E-state index contributed by atoms with van der Waals surface area (Å²) in [5.74, 6) is 0.701. The fourth-order valence-corrected chi connectivity index (χ4v) is 3.44. The zero-order valence-electron chi connectivity index (χ0n) is 15.8. The number of aryl methyl sites for hydroxylation is 2. The van der Waals surface area contributed by atoms with Crippen molar-refractivity contribution in [1.82, 2.24) is 0 Å². The van der Waals surface area contributed by atoms with E-state index in [-0.39, 0.29) is 0 Å². The van der Waals surface area contributed by atoms with Crippen LogP contribution in [0, 0.1) is 0 Å². The lowest BCUT2D eigenvalue weighted by atomic mass is 10.0. The Morgan fingerprint density at radius 2 is 1.04 bits per heavy atom. The maximum absolute atomic E-state index is 10.4. The molecule has 1 aliphatic heterocycles. The number of fused-ring (bicyclic) bond motifs is 4. The molecule has 2 aromatic rings. The minimum atomic E-state index is 0.351. The van der Waals surface area contributed by atoms with Crippen molar-refractivity contribution in [2.75, 3.05) is 13.1 Å². The van der Waals surface area contributed by atoms with Crippen LogP contribution in [-0.2, 0) is 12.8 Å². The number of benzene rings is 2. The number of phenolic OH excluding ortho intramolecular Hbond substituents is 2. The predicted octanol–water partition coefficient (Wildman–Crippen LogP) is 4.68. The van der Waals surface area contributed by atoms with E-state index in [0.717, 1.165) is 60.8 Å². The number of rotatable bonds is 0. The molecule has 0 saturated carbocycles. The quantitative estimate of drug-likeness (QED) is 0.712. The third kappa shape index (κ3) is 5.43. The molecule has 0 saturated heterocycles. The van der Waals surface area contributed by atoms with Gasteiger partial charge in [-0.2, -0.15) is 0 Å². The smallest absolute Gasteiger partial charge is 0.127 e. The highest BCUT2D eigenvalue weighted by Crippen LogP contribution is 2.25. The Kier molecular flexibility index (Phi) is 7.03. The van der Waals surface area contributed by atoms with E-state index >= 15 is 0 Å². The summed E-state index contributed by atoms with van der Waals surface area (Å²) in [5.41, 5.74) is 3.52. The number of hydrogen-bond acceptors (Lipinski definition) is 4. The first-order chi connectivity index (χ1) is 13.3. The largest absolute Gasteiger partial charge is 0.507 e. The molecule has 0 fully saturated rings. The van der Waals surface area contributed by atoms with Gasteiger partial charge in [0.1, 0.15) is 11.5 Å². The molecular formula is C23H28N2O2. The van der Waals surface area contributed by atoms with Gasteiger partial charge in [0.15, 0.2) is 0 Å². The monoisotopic (exact) mass is 364 g/mol. The molecule has 0 amide bonds. The summed E-state index contributed by atoms with van der Waals surface area (Å²) in [6.45, 7) is 1.08. The van der Waals surface area contributed by atoms with Crippen LogP contribution in [-0.4, -0.2) is 35.7 Å². The van der Waals surface area contributed by atoms with Crippen LogP contribution in [0.3, 0.4) is 0 Å². The lowest BCUT2D eigenvalue weighted by Gasteiger charge is -2.08. The second-order valence-corrected chi connectivity index (χ2v) is 7.05. The van der Waals surface area contributed by atoms with Gasteiger partial charge in [0, 0.05) is 23.6 Å². The van der Waals surface area contributed by atoms with E-state index in [4.69, 9.17) is 0 Å². The van der Waals surface area contributed by atoms with Crippen molar-refractivity contribution in [3.05, 3.63) is 58.7 Å². The zero-order valence-corrected chi connectivity index (χ0v) is 15.8. The van der Waals surface area contributed by atoms with Crippen molar-refractivity contribution >= 4 is 12.4 Å². The number of hydrogen-bond donors (Lipinski definition) is 2. The van der Waals surface area contributed by atoms with Gasteiger partial charge in [-0.1, -0.05) is 43.5 Å². The van der Waals surface area contributed by atoms with Crippen LogP contribution in [0.1, 0.15) is 54.4 Å². The molecule has 27 heavy (non-hydrogen) atoms. The Morgan fingerprint density at radius 1 is 0.593 bits per heavy atom. The van der Waals surface area contributed by atoms with Crippen LogP contribution in [0.4, 0.5) is 0 Å². The van der Waals surface area contributed by atoms with E-state index < -0.39 is 0 Å². The normalized spacial score (nSPS) is 16.3. The standard InChI is InChI=1S/C23H28N2O2/c26-22-18-8-4-2-1-3-5-9-19-11-7-13-21(23(19)27)17-25-15-14-24-16-20(22)12-6-10-18/h6-7,10-13,16-17,26-27H,1-5,8-9,14-15H2. The third-order valence-corrected chi connectivity index (χ3v) is 5.01. The maximum Gasteiger partial charge on any atom is 0.127 e. The van der Waals surface area contributed by atoms with Crippen LogP contribution in [0.2, 0.25) is 0 Å². The van der Waals surface area contributed by atoms with Crippen molar-refractivity contribution in [3.63, 3.8) is 0 Å². The molecule has 3 rings (SSSR count). The van der Waals surface area contributed by atoms with Gasteiger partial charge in [0.2, 0.25) is 0 Å². The number of aromatic hydroxyl groups is 2. The molecule has 4 heteroatoms. The first-order valence-corrected chi connectivity index (χ1v) is 9.87. The van der Waals surface area contributed by atoms with E-state index in [2.05, 4.69) is 9.98 Å². The molecule has 0 spiro atoms. The van der Waals surface area contributed by atoms with Crippen LogP contribution >= 0.6 is 0 Å². The minimum absolute atomic E-state index is 0.351. The summed E-state index contributed by atoms with van der Waals surface area (Å²) in [6, 6.07) is 11.7. The highest BCUT2D eigenvalue weighted by molar-refractivity contribution is 5.85. The van der Waals surface area contributed by atoms with Crippen LogP contribution in [0.25, 0.3) is 0 Å². The molecule has 4 bridgehead atoms. The number of nitrogens with zero attached hydrogens (tertiary/aromatic N) is 2. The van der Waals surface area contributed by atoms with E-state index in [9.17, 15) is 10.2 Å². The Morgan fingerprint density at radius 3 is 1.52 bits per heavy atom. The number of phenols is 2. The molecule has 0 unspecified atom stereocenters. The lowest BCUT2D eigenvalue weighted by Crippen LogP contribution is -1.94. The number of para-hydroxylation sites is 2. The fourth-order valence-electron chi connectivity index (χ4n) is 3.44. The number of aliphatic imine (C=N–C) groups is 2. The van der Waals surface area contributed by atoms with Gasteiger partial charge in [0.05, 0.1) is 13.1 Å². The van der Waals surface area contributed by atoms with Gasteiger partial charge in [-0.3, -0.25) is 9.98 Å². The molecule has 0 aliphatic carbocycles. The zero-order chi connectivity index (χ0) is 18.9. The van der Waals surface area contributed by atoms with E-state index in [1.54, 1.807) is 12.4 Å². The van der Waals surface area contributed by atoms with Gasteiger partial charge in [-0.15, -0.1) is 0 Å². The van der Waals surface area contributed by atoms with Gasteiger partial charge in [-0.25, -0.2) is 0 Å². The summed E-state index contributed by atoms with van der Waals surface area (Å²) >= 11 is 0. The lowest BCUT2D eigenvalue weighted by molar-refractivity contribution is 0.464. The molecule has 0 radical (unpaired) electrons. The fraction of sp³-hybridized carbons (Fsp3) is 0.391. The molecule has 4 nitrogen and oxygen atoms in total. The third-order valence-electron chi connectivity index (χ3n) is 5.01. The van der Waals surface area contributed by atoms with Crippen molar-refractivity contribution < 1.29 is 10.2 Å². The van der Waals surface area contributed by atoms with Crippen molar-refractivity contribution in [2.24, 2.45) is 9.98 Å². The van der Waals surface area contributed by atoms with Crippen LogP contribution < -0.4 is 0 Å². The van der Waals surface area contributed by atoms with E-state index in [1.807, 2.05) is 36.4 Å². The molecule has 0 atom stereocenters. The molecule has 1 heterocycles. The second-order valence-electron chi connectivity index (χ2n) is 7.05. The Balaban J connectivity index is 1.74. The SMILES string of the molecule is Oc1c2cccc1CCCCCCCc1cccc(c1O)C=NCCN=C2. The van der Waals surface area contributed by atoms with Crippen LogP contribution in [0.5, 0.6) is 11.5 Å². The van der Waals surface area contributed by atoms with Gasteiger partial charge in [-0.05, 0) is 48.9 Å². The minimum Gasteiger partial charge on any atom is -0.507 e. The van der Waals surface area contributed by atoms with E-state index in [1.165, 1.54) is 6.42 Å². The molecular weight excluding hydrogens is 336 g/mol. The second kappa shape index (κ2) is 9.91. The van der Waals surface area contributed by atoms with Gasteiger partial charge in [0.25, 0.3) is 0 Å². The Hall–Kier alpha value is -2.62. The topological polar surface area (TPSA) is 65.2 Å². The van der Waals surface area contributed by atoms with Crippen molar-refractivity contribution in [3.8, 4) is 11.5 Å². The average molecular weight is 364 g/mol. The van der Waals surface area contributed by atoms with Gasteiger partial charge >= 0.3 is 0 Å². The first kappa shape index (κ1) is 19.2. The summed E-state index contributed by atoms with van der Waals surface area (Å²) in [7, 11) is 0. The molecule has 142 valence electrons. The van der Waals surface area contributed by atoms with Crippen molar-refractivity contribution in [1.29, 1.82) is 0 Å². The average Bonchev–Trinajstić information content (AvgIpc) is 2.67. The predicted molar refractivity (Wildman–Crippen MR) is 112 cm³/mol. The first-order valence-electron chi connectivity index (χ1n) is 9.87. The highest BCUT2D eigenvalue weighted by atomic mass is 16.3. The molecule has 0 aromatic heterocycles. The summed E-state index contributed by atoms with van der Waals surface area (Å²) in [4.78, 5) is 8.75. The summed E-state index contributed by atoms with van der Waals surface area (Å²) < 4.78 is 0. The van der Waals surface area contributed by atoms with Gasteiger partial charge < -0.3 is 10.2 Å².